The summed E-state index contributed by atoms with van der Waals surface area (Å²) in [5.74, 6) is 0. The van der Waals surface area contributed by atoms with Crippen LogP contribution < -0.4 is 0 Å². The molecule has 0 aromatic heterocycles. The topological polar surface area (TPSA) is 6.48 Å². The molecule has 2 aromatic carbocycles. The standard InChI is InChI=1S/C22H24Cl4N2.2ClH/c23-19-5-3-15-7-11-27(13-17(15)21(19)25)9-1-2-10-28-12-8-16-4-6-20(24)22(26)18(16)14-28;;/h3-6H,1-2,7-14H2;2*1H. The predicted molar refractivity (Wildman–Crippen MR) is 135 cm³/mol. The van der Waals surface area contributed by atoms with Crippen LogP contribution in [-0.2, 0) is 25.9 Å². The summed E-state index contributed by atoms with van der Waals surface area (Å²) in [6.07, 6.45) is 4.46. The molecule has 0 aliphatic carbocycles. The lowest BCUT2D eigenvalue weighted by atomic mass is 9.99. The molecule has 0 unspecified atom stereocenters. The fraction of sp³-hybridized carbons (Fsp3) is 0.455. The minimum absolute atomic E-state index is 0. The number of hydrogen-bond donors (Lipinski definition) is 0. The molecule has 0 bridgehead atoms. The van der Waals surface area contributed by atoms with Gasteiger partial charge < -0.3 is 0 Å². The molecule has 0 amide bonds. The first-order valence-corrected chi connectivity index (χ1v) is 11.4. The highest BCUT2D eigenvalue weighted by molar-refractivity contribution is 6.43. The Bertz CT molecular complexity index is 802. The zero-order valence-corrected chi connectivity index (χ0v) is 21.3. The van der Waals surface area contributed by atoms with E-state index in [0.717, 1.165) is 62.2 Å². The highest BCUT2D eigenvalue weighted by Crippen LogP contribution is 2.33. The Kier molecular flexibility index (Phi) is 10.4. The monoisotopic (exact) mass is 528 g/mol. The summed E-state index contributed by atoms with van der Waals surface area (Å²) >= 11 is 25.2. The van der Waals surface area contributed by atoms with Crippen LogP contribution in [0, 0.1) is 0 Å². The molecule has 30 heavy (non-hydrogen) atoms. The number of benzene rings is 2. The molecule has 2 heterocycles. The van der Waals surface area contributed by atoms with Gasteiger partial charge in [-0.15, -0.1) is 24.8 Å². The molecule has 2 nitrogen and oxygen atoms in total. The zero-order valence-electron chi connectivity index (χ0n) is 16.6. The molecule has 166 valence electrons. The van der Waals surface area contributed by atoms with Crippen molar-refractivity contribution in [2.75, 3.05) is 26.2 Å². The van der Waals surface area contributed by atoms with Gasteiger partial charge in [0.15, 0.2) is 0 Å². The molecule has 2 aliphatic heterocycles. The van der Waals surface area contributed by atoms with Crippen molar-refractivity contribution in [1.82, 2.24) is 9.80 Å². The number of fused-ring (bicyclic) bond motifs is 2. The van der Waals surface area contributed by atoms with Crippen molar-refractivity contribution in [1.29, 1.82) is 0 Å². The van der Waals surface area contributed by atoms with Gasteiger partial charge in [-0.3, -0.25) is 9.80 Å². The molecule has 0 fully saturated rings. The SMILES string of the molecule is Cl.Cl.Clc1ccc2c(c1Cl)CN(CCCCN1CCc3ccc(Cl)c(Cl)c3C1)CC2. The van der Waals surface area contributed by atoms with E-state index >= 15 is 0 Å². The van der Waals surface area contributed by atoms with Gasteiger partial charge >= 0.3 is 0 Å². The highest BCUT2D eigenvalue weighted by Gasteiger charge is 2.21. The average molecular weight is 531 g/mol. The largest absolute Gasteiger partial charge is 0.299 e. The fourth-order valence-electron chi connectivity index (χ4n) is 4.29. The van der Waals surface area contributed by atoms with Crippen molar-refractivity contribution in [2.24, 2.45) is 0 Å². The molecule has 0 spiro atoms. The predicted octanol–water partition coefficient (Wildman–Crippen LogP) is 7.34. The van der Waals surface area contributed by atoms with E-state index in [4.69, 9.17) is 46.4 Å². The number of hydrogen-bond acceptors (Lipinski definition) is 2. The lowest BCUT2D eigenvalue weighted by Gasteiger charge is -2.31. The molecule has 2 aromatic rings. The summed E-state index contributed by atoms with van der Waals surface area (Å²) < 4.78 is 0. The maximum absolute atomic E-state index is 6.42. The molecule has 8 heteroatoms. The van der Waals surface area contributed by atoms with Crippen molar-refractivity contribution in [3.63, 3.8) is 0 Å². The summed E-state index contributed by atoms with van der Waals surface area (Å²) in [6.45, 7) is 6.19. The van der Waals surface area contributed by atoms with Crippen LogP contribution in [0.4, 0.5) is 0 Å². The van der Waals surface area contributed by atoms with Gasteiger partial charge in [0, 0.05) is 26.2 Å². The summed E-state index contributed by atoms with van der Waals surface area (Å²) in [7, 11) is 0. The summed E-state index contributed by atoms with van der Waals surface area (Å²) in [5.41, 5.74) is 5.10. The normalized spacial score (nSPS) is 16.3. The Balaban J connectivity index is 0.00000160. The van der Waals surface area contributed by atoms with E-state index in [9.17, 15) is 0 Å². The van der Waals surface area contributed by atoms with Crippen LogP contribution in [0.15, 0.2) is 24.3 Å². The molecule has 4 rings (SSSR count). The van der Waals surface area contributed by atoms with Crippen molar-refractivity contribution in [2.45, 2.75) is 38.8 Å². The van der Waals surface area contributed by atoms with Crippen LogP contribution in [0.25, 0.3) is 0 Å². The molecule has 2 aliphatic rings. The summed E-state index contributed by atoms with van der Waals surface area (Å²) in [6, 6.07) is 8.06. The molecule has 0 atom stereocenters. The lowest BCUT2D eigenvalue weighted by molar-refractivity contribution is 0.222. The third-order valence-electron chi connectivity index (χ3n) is 5.94. The van der Waals surface area contributed by atoms with Gasteiger partial charge in [-0.2, -0.15) is 0 Å². The summed E-state index contributed by atoms with van der Waals surface area (Å²) in [5, 5.41) is 2.77. The molecule has 0 N–H and O–H groups in total. The van der Waals surface area contributed by atoms with Crippen LogP contribution in [-0.4, -0.2) is 36.0 Å². The quantitative estimate of drug-likeness (QED) is 0.373. The maximum Gasteiger partial charge on any atom is 0.0640 e. The Labute approximate surface area is 211 Å². The Morgan fingerprint density at radius 1 is 0.633 bits per heavy atom. The van der Waals surface area contributed by atoms with Crippen LogP contribution >= 0.6 is 71.2 Å². The van der Waals surface area contributed by atoms with Crippen LogP contribution in [0.2, 0.25) is 20.1 Å². The first kappa shape index (κ1) is 26.4. The van der Waals surface area contributed by atoms with Crippen molar-refractivity contribution in [3.8, 4) is 0 Å². The van der Waals surface area contributed by atoms with E-state index in [1.165, 1.54) is 35.1 Å². The van der Waals surface area contributed by atoms with Crippen molar-refractivity contribution < 1.29 is 0 Å². The minimum atomic E-state index is 0. The van der Waals surface area contributed by atoms with E-state index in [-0.39, 0.29) is 24.8 Å². The molecule has 0 radical (unpaired) electrons. The van der Waals surface area contributed by atoms with E-state index in [1.54, 1.807) is 0 Å². The fourth-order valence-corrected chi connectivity index (χ4v) is 5.13. The Hall–Kier alpha value is 0.1000. The van der Waals surface area contributed by atoms with Crippen molar-refractivity contribution in [3.05, 3.63) is 66.6 Å². The van der Waals surface area contributed by atoms with Crippen LogP contribution in [0.3, 0.4) is 0 Å². The second-order valence-corrected chi connectivity index (χ2v) is 9.33. The second kappa shape index (κ2) is 11.8. The van der Waals surface area contributed by atoms with E-state index in [1.807, 2.05) is 12.1 Å². The van der Waals surface area contributed by atoms with Gasteiger partial charge in [-0.25, -0.2) is 0 Å². The second-order valence-electron chi connectivity index (χ2n) is 7.76. The minimum Gasteiger partial charge on any atom is -0.299 e. The molecule has 0 saturated heterocycles. The molecular weight excluding hydrogens is 505 g/mol. The molecule has 0 saturated carbocycles. The lowest BCUT2D eigenvalue weighted by Crippen LogP contribution is -2.33. The van der Waals surface area contributed by atoms with Gasteiger partial charge in [0.2, 0.25) is 0 Å². The zero-order chi connectivity index (χ0) is 19.7. The number of halogens is 6. The third-order valence-corrected chi connectivity index (χ3v) is 7.63. The van der Waals surface area contributed by atoms with E-state index < -0.39 is 0 Å². The summed E-state index contributed by atoms with van der Waals surface area (Å²) in [4.78, 5) is 4.99. The van der Waals surface area contributed by atoms with Crippen LogP contribution in [0.1, 0.15) is 35.1 Å². The number of nitrogens with zero attached hydrogens (tertiary/aromatic N) is 2. The highest BCUT2D eigenvalue weighted by atomic mass is 35.5. The van der Waals surface area contributed by atoms with E-state index in [0.29, 0.717) is 10.0 Å². The Morgan fingerprint density at radius 3 is 1.43 bits per heavy atom. The van der Waals surface area contributed by atoms with E-state index in [2.05, 4.69) is 21.9 Å². The van der Waals surface area contributed by atoms with Gasteiger partial charge in [0.1, 0.15) is 0 Å². The first-order valence-electron chi connectivity index (χ1n) is 9.89. The number of rotatable bonds is 5. The first-order chi connectivity index (χ1) is 13.5. The van der Waals surface area contributed by atoms with Gasteiger partial charge in [-0.05, 0) is 73.2 Å². The third kappa shape index (κ3) is 5.91. The van der Waals surface area contributed by atoms with Gasteiger partial charge in [-0.1, -0.05) is 58.5 Å². The van der Waals surface area contributed by atoms with Crippen molar-refractivity contribution >= 4 is 71.2 Å². The smallest absolute Gasteiger partial charge is 0.0640 e. The number of unbranched alkanes of at least 4 members (excludes halogenated alkanes) is 1. The average Bonchev–Trinajstić information content (AvgIpc) is 2.71. The maximum atomic E-state index is 6.42. The molecular formula is C22H26Cl6N2. The van der Waals surface area contributed by atoms with Gasteiger partial charge in [0.25, 0.3) is 0 Å². The van der Waals surface area contributed by atoms with Crippen LogP contribution in [0.5, 0.6) is 0 Å². The Morgan fingerprint density at radius 2 is 1.03 bits per heavy atom. The van der Waals surface area contributed by atoms with Gasteiger partial charge in [0.05, 0.1) is 20.1 Å².